The van der Waals surface area contributed by atoms with Crippen LogP contribution in [0.5, 0.6) is 5.75 Å². The van der Waals surface area contributed by atoms with E-state index in [1.807, 2.05) is 42.5 Å². The van der Waals surface area contributed by atoms with E-state index in [2.05, 4.69) is 26.1 Å². The summed E-state index contributed by atoms with van der Waals surface area (Å²) in [6, 6.07) is 13.6. The second-order valence-corrected chi connectivity index (χ2v) is 12.3. The summed E-state index contributed by atoms with van der Waals surface area (Å²) in [6.45, 7) is 6.61. The van der Waals surface area contributed by atoms with Gasteiger partial charge in [0.05, 0.1) is 19.3 Å². The second kappa shape index (κ2) is 12.3. The molecule has 2 N–H and O–H groups in total. The molecule has 1 amide bonds. The first-order valence-corrected chi connectivity index (χ1v) is 14.1. The van der Waals surface area contributed by atoms with Gasteiger partial charge in [-0.1, -0.05) is 75.2 Å². The fraction of sp³-hybridized carbons (Fsp3) is 0.548. The summed E-state index contributed by atoms with van der Waals surface area (Å²) in [5, 5.41) is 14.9. The zero-order chi connectivity index (χ0) is 28.3. The van der Waals surface area contributed by atoms with Crippen molar-refractivity contribution in [3.05, 3.63) is 64.7 Å². The van der Waals surface area contributed by atoms with Crippen LogP contribution in [0.25, 0.3) is 0 Å². The largest absolute Gasteiger partial charge is 0.496 e. The van der Waals surface area contributed by atoms with Crippen LogP contribution in [0.4, 0.5) is 0 Å². The number of likely N-dealkylation sites (tertiary alicyclic amines) is 1. The summed E-state index contributed by atoms with van der Waals surface area (Å²) in [5.41, 5.74) is 1.42. The maximum atomic E-state index is 14.3. The van der Waals surface area contributed by atoms with E-state index < -0.39 is 23.5 Å². The molecule has 0 spiro atoms. The number of carboxylic acids is 1. The van der Waals surface area contributed by atoms with E-state index >= 15 is 0 Å². The zero-order valence-corrected chi connectivity index (χ0v) is 24.3. The van der Waals surface area contributed by atoms with Crippen LogP contribution in [0, 0.1) is 17.3 Å². The van der Waals surface area contributed by atoms with Gasteiger partial charge in [0.15, 0.2) is 0 Å². The van der Waals surface area contributed by atoms with Crippen molar-refractivity contribution in [3.8, 4) is 5.75 Å². The van der Waals surface area contributed by atoms with Gasteiger partial charge in [-0.05, 0) is 42.4 Å². The Kier molecular flexibility index (Phi) is 9.25. The Labute approximate surface area is 236 Å². The second-order valence-electron chi connectivity index (χ2n) is 11.9. The van der Waals surface area contributed by atoms with Crippen molar-refractivity contribution in [2.45, 2.75) is 77.2 Å². The number of hydrogen-bond acceptors (Lipinski definition) is 5. The normalized spacial score (nSPS) is 27.4. The van der Waals surface area contributed by atoms with Gasteiger partial charge in [0.1, 0.15) is 11.8 Å². The van der Waals surface area contributed by atoms with Crippen LogP contribution in [0.15, 0.2) is 48.5 Å². The molecule has 6 atom stereocenters. The molecule has 1 saturated heterocycles. The molecule has 1 aliphatic carbocycles. The molecule has 212 valence electrons. The maximum Gasteiger partial charge on any atom is 0.326 e. The topological polar surface area (TPSA) is 88.1 Å². The number of carboxylic acid groups (broad SMARTS) is 1. The van der Waals surface area contributed by atoms with Gasteiger partial charge < -0.3 is 24.8 Å². The quantitative estimate of drug-likeness (QED) is 0.433. The minimum Gasteiger partial charge on any atom is -0.496 e. The molecule has 2 aromatic rings. The molecule has 0 bridgehead atoms. The molecule has 0 aromatic heterocycles. The van der Waals surface area contributed by atoms with Crippen molar-refractivity contribution < 1.29 is 24.2 Å². The lowest BCUT2D eigenvalue weighted by Gasteiger charge is -2.36. The first-order chi connectivity index (χ1) is 18.6. The predicted octanol–water partition coefficient (Wildman–Crippen LogP) is 5.71. The summed E-state index contributed by atoms with van der Waals surface area (Å²) in [5.74, 6) is -1.04. The standard InChI is InChI=1S/C31H41ClN2O5/c1-31(2,3)25-26(33-18-21-14-15-22(32)17-24(21)39-5)27(19-10-7-6-8-11-19)34(28(25)30(36)37)29(35)20-12-9-13-23(16-20)38-4/h6-8,10-11,14-15,17,20,23,25-28,33H,9,12-13,16,18H2,1-5H3,(H,36,37)/t20-,23-,25?,26?,27?,28?/m1/s1. The van der Waals surface area contributed by atoms with Gasteiger partial charge >= 0.3 is 5.97 Å². The van der Waals surface area contributed by atoms with Crippen LogP contribution in [-0.4, -0.2) is 54.3 Å². The van der Waals surface area contributed by atoms with Crippen molar-refractivity contribution >= 4 is 23.5 Å². The maximum absolute atomic E-state index is 14.3. The molecule has 2 aliphatic rings. The molecular weight excluding hydrogens is 516 g/mol. The van der Waals surface area contributed by atoms with Crippen molar-refractivity contribution in [2.75, 3.05) is 14.2 Å². The number of carbonyl (C=O) groups is 2. The molecule has 1 aliphatic heterocycles. The first-order valence-electron chi connectivity index (χ1n) is 13.7. The number of amides is 1. The van der Waals surface area contributed by atoms with E-state index in [1.165, 1.54) is 0 Å². The van der Waals surface area contributed by atoms with Crippen LogP contribution in [0.1, 0.15) is 63.6 Å². The molecule has 1 saturated carbocycles. The van der Waals surface area contributed by atoms with Crippen molar-refractivity contribution in [3.63, 3.8) is 0 Å². The third-order valence-electron chi connectivity index (χ3n) is 8.40. The Bertz CT molecular complexity index is 1150. The van der Waals surface area contributed by atoms with Crippen LogP contribution in [-0.2, 0) is 20.9 Å². The zero-order valence-electron chi connectivity index (χ0n) is 23.5. The van der Waals surface area contributed by atoms with Gasteiger partial charge in [0.2, 0.25) is 5.91 Å². The predicted molar refractivity (Wildman–Crippen MR) is 152 cm³/mol. The van der Waals surface area contributed by atoms with Gasteiger partial charge in [0, 0.05) is 42.1 Å². The highest BCUT2D eigenvalue weighted by Gasteiger charge is 2.58. The van der Waals surface area contributed by atoms with E-state index in [-0.39, 0.29) is 29.9 Å². The fourth-order valence-corrected chi connectivity index (χ4v) is 6.78. The molecule has 39 heavy (non-hydrogen) atoms. The minimum absolute atomic E-state index is 0.0125. The molecule has 4 rings (SSSR count). The van der Waals surface area contributed by atoms with Crippen molar-refractivity contribution in [1.82, 2.24) is 10.2 Å². The number of halogens is 1. The number of carbonyl (C=O) groups excluding carboxylic acids is 1. The number of methoxy groups -OCH3 is 2. The average molecular weight is 557 g/mol. The third-order valence-corrected chi connectivity index (χ3v) is 8.64. The number of ether oxygens (including phenoxy) is 2. The molecule has 2 aromatic carbocycles. The van der Waals surface area contributed by atoms with Crippen molar-refractivity contribution in [2.24, 2.45) is 17.3 Å². The molecule has 0 radical (unpaired) electrons. The molecular formula is C31H41ClN2O5. The highest BCUT2D eigenvalue weighted by atomic mass is 35.5. The number of nitrogens with zero attached hydrogens (tertiary/aromatic N) is 1. The minimum atomic E-state index is -0.977. The summed E-state index contributed by atoms with van der Waals surface area (Å²) in [4.78, 5) is 29.1. The highest BCUT2D eigenvalue weighted by Crippen LogP contribution is 2.49. The van der Waals surface area contributed by atoms with E-state index in [4.69, 9.17) is 21.1 Å². The number of nitrogens with one attached hydrogen (secondary N) is 1. The number of hydrogen-bond donors (Lipinski definition) is 2. The molecule has 7 nitrogen and oxygen atoms in total. The summed E-state index contributed by atoms with van der Waals surface area (Å²) >= 11 is 6.19. The van der Waals surface area contributed by atoms with E-state index in [9.17, 15) is 14.7 Å². The third kappa shape index (κ3) is 6.26. The Morgan fingerprint density at radius 1 is 1.10 bits per heavy atom. The number of rotatable bonds is 8. The highest BCUT2D eigenvalue weighted by molar-refractivity contribution is 6.30. The number of aliphatic carboxylic acids is 1. The molecule has 8 heteroatoms. The van der Waals surface area contributed by atoms with Gasteiger partial charge in [-0.2, -0.15) is 0 Å². The Morgan fingerprint density at radius 2 is 1.82 bits per heavy atom. The molecule has 4 unspecified atom stereocenters. The summed E-state index contributed by atoms with van der Waals surface area (Å²) in [6.07, 6.45) is 3.17. The Balaban J connectivity index is 1.79. The summed E-state index contributed by atoms with van der Waals surface area (Å²) < 4.78 is 11.2. The van der Waals surface area contributed by atoms with Gasteiger partial charge in [0.25, 0.3) is 0 Å². The monoisotopic (exact) mass is 556 g/mol. The first kappa shape index (κ1) is 29.4. The molecule has 2 fully saturated rings. The lowest BCUT2D eigenvalue weighted by Crippen LogP contribution is -2.49. The summed E-state index contributed by atoms with van der Waals surface area (Å²) in [7, 11) is 3.29. The van der Waals surface area contributed by atoms with Gasteiger partial charge in [-0.15, -0.1) is 0 Å². The number of benzene rings is 2. The van der Waals surface area contributed by atoms with E-state index in [0.717, 1.165) is 30.4 Å². The van der Waals surface area contributed by atoms with Gasteiger partial charge in [-0.3, -0.25) is 4.79 Å². The average Bonchev–Trinajstić information content (AvgIpc) is 3.28. The molecule has 1 heterocycles. The van der Waals surface area contributed by atoms with Crippen LogP contribution < -0.4 is 10.1 Å². The van der Waals surface area contributed by atoms with E-state index in [1.54, 1.807) is 25.2 Å². The van der Waals surface area contributed by atoms with Crippen LogP contribution >= 0.6 is 11.6 Å². The van der Waals surface area contributed by atoms with E-state index in [0.29, 0.717) is 23.7 Å². The lowest BCUT2D eigenvalue weighted by molar-refractivity contribution is -0.155. The Hall–Kier alpha value is -2.61. The SMILES string of the molecule is COc1cc(Cl)ccc1CNC1C(c2ccccc2)N(C(=O)[C@@H]2CCC[C@@H](OC)C2)C(C(=O)O)C1C(C)(C)C. The smallest absolute Gasteiger partial charge is 0.326 e. The van der Waals surface area contributed by atoms with Crippen molar-refractivity contribution in [1.29, 1.82) is 0 Å². The van der Waals surface area contributed by atoms with Crippen LogP contribution in [0.2, 0.25) is 5.02 Å². The Morgan fingerprint density at radius 3 is 2.44 bits per heavy atom. The fourth-order valence-electron chi connectivity index (χ4n) is 6.61. The van der Waals surface area contributed by atoms with Crippen LogP contribution in [0.3, 0.4) is 0 Å². The lowest BCUT2D eigenvalue weighted by atomic mass is 9.72. The van der Waals surface area contributed by atoms with Gasteiger partial charge in [-0.25, -0.2) is 4.79 Å².